The minimum atomic E-state index is -1.62. The third kappa shape index (κ3) is 6.17. The number of alkyl halides is 1. The van der Waals surface area contributed by atoms with E-state index >= 15 is 0 Å². The maximum atomic E-state index is 14.9. The summed E-state index contributed by atoms with van der Waals surface area (Å²) in [5.41, 5.74) is -0.0796. The number of hydrogen-bond acceptors (Lipinski definition) is 8. The summed E-state index contributed by atoms with van der Waals surface area (Å²) in [4.78, 5) is 12.0. The van der Waals surface area contributed by atoms with Crippen molar-refractivity contribution in [2.75, 3.05) is 48.8 Å². The Labute approximate surface area is 253 Å². The molecule has 0 aromatic rings. The Morgan fingerprint density at radius 3 is 2.19 bits per heavy atom. The number of carbonyl (C=O) groups is 1. The Morgan fingerprint density at radius 1 is 0.881 bits per heavy atom. The van der Waals surface area contributed by atoms with E-state index in [-0.39, 0.29) is 61.0 Å². The fourth-order valence-corrected chi connectivity index (χ4v) is 10.6. The summed E-state index contributed by atoms with van der Waals surface area (Å²) in [7, 11) is 6.30. The molecule has 0 saturated heterocycles. The van der Waals surface area contributed by atoms with E-state index in [4.69, 9.17) is 33.2 Å². The molecule has 0 aliphatic heterocycles. The highest BCUT2D eigenvalue weighted by atomic mass is 19.1. The predicted molar refractivity (Wildman–Crippen MR) is 156 cm³/mol. The van der Waals surface area contributed by atoms with Crippen LogP contribution in [0.15, 0.2) is 0 Å². The van der Waals surface area contributed by atoms with Crippen LogP contribution in [-0.4, -0.2) is 79.3 Å². The van der Waals surface area contributed by atoms with Gasteiger partial charge in [0.25, 0.3) is 0 Å². The van der Waals surface area contributed by atoms with Crippen molar-refractivity contribution in [3.05, 3.63) is 0 Å². The van der Waals surface area contributed by atoms with Crippen molar-refractivity contribution in [3.63, 3.8) is 0 Å². The van der Waals surface area contributed by atoms with Gasteiger partial charge in [0.15, 0.2) is 6.17 Å². The van der Waals surface area contributed by atoms with E-state index in [2.05, 4.69) is 27.7 Å². The van der Waals surface area contributed by atoms with Crippen LogP contribution in [0.5, 0.6) is 0 Å². The van der Waals surface area contributed by atoms with Gasteiger partial charge >= 0.3 is 5.97 Å². The van der Waals surface area contributed by atoms with Crippen LogP contribution >= 0.6 is 0 Å². The number of methoxy groups -OCH3 is 4. The highest BCUT2D eigenvalue weighted by molar-refractivity contribution is 5.74. The summed E-state index contributed by atoms with van der Waals surface area (Å²) in [5, 5.41) is 0. The molecule has 3 unspecified atom stereocenters. The molecule has 4 fully saturated rings. The number of hydrogen-bond donors (Lipinski definition) is 0. The van der Waals surface area contributed by atoms with E-state index in [1.807, 2.05) is 0 Å². The minimum absolute atomic E-state index is 0.0000849. The standard InChI is InChI=1S/C33H57FO8/c1-9-22-25-15-21(40-17-36-5)12-13-32(25,3)26-16-28(41-18-37-6)33(4)23(20(2)14-27(34)31(35)39-8)10-11-24(33)29(26)30(22)42-19-38-7/h20-30H,9-19H2,1-8H3/t20-,21-,22-,23-,24?,25+,26?,27+,28+,29?,30-,32+,33-/m1/s1. The monoisotopic (exact) mass is 600 g/mol. The Kier molecular flexibility index (Phi) is 11.8. The molecule has 0 radical (unpaired) electrons. The minimum Gasteiger partial charge on any atom is -0.467 e. The summed E-state index contributed by atoms with van der Waals surface area (Å²) < 4.78 is 55.3. The fourth-order valence-electron chi connectivity index (χ4n) is 10.6. The zero-order valence-corrected chi connectivity index (χ0v) is 27.3. The van der Waals surface area contributed by atoms with E-state index in [9.17, 15) is 9.18 Å². The zero-order valence-electron chi connectivity index (χ0n) is 27.3. The summed E-state index contributed by atoms with van der Waals surface area (Å²) in [5.74, 6) is 1.36. The molecule has 0 aromatic heterocycles. The summed E-state index contributed by atoms with van der Waals surface area (Å²) in [6, 6.07) is 0. The molecule has 9 heteroatoms. The lowest BCUT2D eigenvalue weighted by Gasteiger charge is -2.66. The first-order valence-corrected chi connectivity index (χ1v) is 16.2. The van der Waals surface area contributed by atoms with Crippen molar-refractivity contribution in [3.8, 4) is 0 Å². The highest BCUT2D eigenvalue weighted by Gasteiger charge is 2.68. The van der Waals surface area contributed by atoms with E-state index in [1.54, 1.807) is 21.3 Å². The van der Waals surface area contributed by atoms with Gasteiger partial charge in [0.2, 0.25) is 0 Å². The van der Waals surface area contributed by atoms with Crippen molar-refractivity contribution < 1.29 is 42.3 Å². The molecule has 0 spiro atoms. The normalized spacial score (nSPS) is 42.7. The first-order valence-electron chi connectivity index (χ1n) is 16.2. The van der Waals surface area contributed by atoms with Gasteiger partial charge in [0.05, 0.1) is 25.4 Å². The van der Waals surface area contributed by atoms with Crippen LogP contribution in [0.1, 0.15) is 79.1 Å². The van der Waals surface area contributed by atoms with Crippen LogP contribution < -0.4 is 0 Å². The fraction of sp³-hybridized carbons (Fsp3) is 0.970. The molecule has 0 N–H and O–H groups in total. The van der Waals surface area contributed by atoms with Crippen LogP contribution in [-0.2, 0) is 38.0 Å². The largest absolute Gasteiger partial charge is 0.467 e. The molecule has 244 valence electrons. The second kappa shape index (κ2) is 14.5. The maximum absolute atomic E-state index is 14.9. The smallest absolute Gasteiger partial charge is 0.340 e. The Hall–Kier alpha value is -0.840. The van der Waals surface area contributed by atoms with Crippen molar-refractivity contribution in [1.29, 1.82) is 0 Å². The number of carbonyl (C=O) groups excluding carboxylic acids is 1. The molecular weight excluding hydrogens is 543 g/mol. The second-order valence-electron chi connectivity index (χ2n) is 14.0. The average molecular weight is 601 g/mol. The Balaban J connectivity index is 1.72. The lowest BCUT2D eigenvalue weighted by Crippen LogP contribution is -2.66. The molecule has 0 aromatic carbocycles. The third-order valence-corrected chi connectivity index (χ3v) is 12.4. The molecule has 8 nitrogen and oxygen atoms in total. The van der Waals surface area contributed by atoms with Gasteiger partial charge in [-0.3, -0.25) is 0 Å². The molecular formula is C33H57FO8. The number of fused-ring (bicyclic) bond motifs is 5. The van der Waals surface area contributed by atoms with Gasteiger partial charge in [-0.1, -0.05) is 34.1 Å². The molecule has 42 heavy (non-hydrogen) atoms. The van der Waals surface area contributed by atoms with Crippen LogP contribution in [0, 0.1) is 52.3 Å². The third-order valence-electron chi connectivity index (χ3n) is 12.4. The van der Waals surface area contributed by atoms with Crippen molar-refractivity contribution in [2.24, 2.45) is 52.3 Å². The van der Waals surface area contributed by atoms with Crippen molar-refractivity contribution >= 4 is 5.97 Å². The Bertz CT molecular complexity index is 875. The molecule has 4 aliphatic carbocycles. The van der Waals surface area contributed by atoms with Gasteiger partial charge in [0, 0.05) is 26.7 Å². The quantitative estimate of drug-likeness (QED) is 0.177. The van der Waals surface area contributed by atoms with Gasteiger partial charge in [-0.05, 0) is 91.8 Å². The van der Waals surface area contributed by atoms with Crippen LogP contribution in [0.4, 0.5) is 4.39 Å². The molecule has 0 amide bonds. The van der Waals surface area contributed by atoms with Gasteiger partial charge in [0.1, 0.15) is 20.4 Å². The lowest BCUT2D eigenvalue weighted by atomic mass is 9.40. The molecule has 4 aliphatic rings. The van der Waals surface area contributed by atoms with E-state index < -0.39 is 12.1 Å². The summed E-state index contributed by atoms with van der Waals surface area (Å²) in [6.07, 6.45) is 5.86. The van der Waals surface area contributed by atoms with Crippen molar-refractivity contribution in [1.82, 2.24) is 0 Å². The SMILES string of the molecule is CC[C@H]1[C@@H](OCOC)C2C3CC[C@H]([C@H](C)C[C@H](F)C(=O)OC)[C@@]3(C)[C@@H](OCOC)CC2[C@@]2(C)CC[C@@H](OCOC)C[C@@H]12. The van der Waals surface area contributed by atoms with E-state index in [0.717, 1.165) is 44.9 Å². The van der Waals surface area contributed by atoms with Gasteiger partial charge in [-0.15, -0.1) is 0 Å². The zero-order chi connectivity index (χ0) is 30.7. The summed E-state index contributed by atoms with van der Waals surface area (Å²) >= 11 is 0. The molecule has 4 rings (SSSR count). The lowest BCUT2D eigenvalue weighted by molar-refractivity contribution is -0.267. The van der Waals surface area contributed by atoms with Gasteiger partial charge < -0.3 is 33.2 Å². The van der Waals surface area contributed by atoms with E-state index in [1.165, 1.54) is 7.11 Å². The van der Waals surface area contributed by atoms with Gasteiger partial charge in [-0.25, -0.2) is 9.18 Å². The number of rotatable bonds is 14. The first-order chi connectivity index (χ1) is 20.1. The molecule has 4 saturated carbocycles. The molecule has 13 atom stereocenters. The Morgan fingerprint density at radius 2 is 1.55 bits per heavy atom. The second-order valence-corrected chi connectivity index (χ2v) is 14.0. The number of ether oxygens (including phenoxy) is 7. The highest BCUT2D eigenvalue weighted by Crippen LogP contribution is 2.70. The average Bonchev–Trinajstić information content (AvgIpc) is 3.35. The molecule has 0 heterocycles. The first kappa shape index (κ1) is 34.0. The van der Waals surface area contributed by atoms with Crippen LogP contribution in [0.2, 0.25) is 0 Å². The topological polar surface area (TPSA) is 81.7 Å². The summed E-state index contributed by atoms with van der Waals surface area (Å²) in [6.45, 7) is 10.1. The number of esters is 1. The maximum Gasteiger partial charge on any atom is 0.340 e. The van der Waals surface area contributed by atoms with Crippen LogP contribution in [0.3, 0.4) is 0 Å². The van der Waals surface area contributed by atoms with Gasteiger partial charge in [-0.2, -0.15) is 0 Å². The predicted octanol–water partition coefficient (Wildman–Crippen LogP) is 6.01. The molecule has 0 bridgehead atoms. The number of halogens is 1. The van der Waals surface area contributed by atoms with Crippen molar-refractivity contribution in [2.45, 2.75) is 104 Å². The van der Waals surface area contributed by atoms with E-state index in [0.29, 0.717) is 36.4 Å². The van der Waals surface area contributed by atoms with Crippen LogP contribution in [0.25, 0.3) is 0 Å².